The van der Waals surface area contributed by atoms with Gasteiger partial charge in [-0.1, -0.05) is 24.3 Å². The second kappa shape index (κ2) is 12.0. The molecule has 156 valence electrons. The van der Waals surface area contributed by atoms with Crippen LogP contribution in [0.1, 0.15) is 24.0 Å². The Morgan fingerprint density at radius 2 is 1.89 bits per heavy atom. The van der Waals surface area contributed by atoms with Crippen molar-refractivity contribution in [3.8, 4) is 0 Å². The summed E-state index contributed by atoms with van der Waals surface area (Å²) in [6.07, 6.45) is 2.25. The highest BCUT2D eigenvalue weighted by Crippen LogP contribution is 2.09. The summed E-state index contributed by atoms with van der Waals surface area (Å²) in [6, 6.07) is 8.81. The lowest BCUT2D eigenvalue weighted by atomic mass is 10.1. The largest absolute Gasteiger partial charge is 0.379 e. The van der Waals surface area contributed by atoms with Crippen LogP contribution < -0.4 is 10.6 Å². The summed E-state index contributed by atoms with van der Waals surface area (Å²) in [5, 5.41) is 6.71. The molecule has 1 unspecified atom stereocenters. The van der Waals surface area contributed by atoms with Gasteiger partial charge in [0.05, 0.1) is 25.9 Å². The standard InChI is InChI=1S/C21H34N4O3/c1-22-21(23-8-2-11-28-20-7-12-27-17-20)24-15-18-3-5-19(6-4-18)16-25-9-13-26-14-10-25/h3-6,20H,2,7-17H2,1H3,(H2,22,23,24). The van der Waals surface area contributed by atoms with Crippen molar-refractivity contribution >= 4 is 5.96 Å². The third-order valence-electron chi connectivity index (χ3n) is 5.07. The summed E-state index contributed by atoms with van der Waals surface area (Å²) in [5.41, 5.74) is 2.60. The van der Waals surface area contributed by atoms with E-state index in [1.165, 1.54) is 11.1 Å². The molecule has 0 amide bonds. The van der Waals surface area contributed by atoms with Crippen LogP contribution in [-0.4, -0.2) is 76.7 Å². The van der Waals surface area contributed by atoms with E-state index in [0.717, 1.165) is 84.6 Å². The second-order valence-electron chi connectivity index (χ2n) is 7.27. The van der Waals surface area contributed by atoms with E-state index in [9.17, 15) is 0 Å². The summed E-state index contributed by atoms with van der Waals surface area (Å²) < 4.78 is 16.5. The van der Waals surface area contributed by atoms with Crippen LogP contribution >= 0.6 is 0 Å². The molecule has 2 saturated heterocycles. The quantitative estimate of drug-likeness (QED) is 0.377. The highest BCUT2D eigenvalue weighted by Gasteiger charge is 2.15. The smallest absolute Gasteiger partial charge is 0.191 e. The van der Waals surface area contributed by atoms with Crippen LogP contribution in [0.15, 0.2) is 29.3 Å². The molecule has 0 aliphatic carbocycles. The highest BCUT2D eigenvalue weighted by atomic mass is 16.5. The average Bonchev–Trinajstić information content (AvgIpc) is 3.25. The van der Waals surface area contributed by atoms with E-state index in [4.69, 9.17) is 14.2 Å². The monoisotopic (exact) mass is 390 g/mol. The molecule has 2 aliphatic rings. The van der Waals surface area contributed by atoms with E-state index in [2.05, 4.69) is 44.8 Å². The summed E-state index contributed by atoms with van der Waals surface area (Å²) in [4.78, 5) is 6.72. The Hall–Kier alpha value is -1.67. The molecule has 0 spiro atoms. The zero-order chi connectivity index (χ0) is 19.4. The molecule has 3 rings (SSSR count). The van der Waals surface area contributed by atoms with Crippen LogP contribution in [0.2, 0.25) is 0 Å². The molecule has 0 saturated carbocycles. The molecule has 2 fully saturated rings. The molecule has 0 bridgehead atoms. The summed E-state index contributed by atoms with van der Waals surface area (Å²) in [6.45, 7) is 8.63. The number of rotatable bonds is 9. The van der Waals surface area contributed by atoms with E-state index in [0.29, 0.717) is 0 Å². The number of aliphatic imine (C=N–C) groups is 1. The maximum atomic E-state index is 5.78. The van der Waals surface area contributed by atoms with Crippen LogP contribution in [0.25, 0.3) is 0 Å². The molecule has 1 aromatic rings. The highest BCUT2D eigenvalue weighted by molar-refractivity contribution is 5.79. The second-order valence-corrected chi connectivity index (χ2v) is 7.27. The number of benzene rings is 1. The van der Waals surface area contributed by atoms with Crippen molar-refractivity contribution < 1.29 is 14.2 Å². The number of hydrogen-bond acceptors (Lipinski definition) is 5. The fraction of sp³-hybridized carbons (Fsp3) is 0.667. The zero-order valence-corrected chi connectivity index (χ0v) is 17.0. The van der Waals surface area contributed by atoms with Crippen molar-refractivity contribution in [1.29, 1.82) is 0 Å². The molecule has 0 radical (unpaired) electrons. The van der Waals surface area contributed by atoms with E-state index < -0.39 is 0 Å². The molecular formula is C21H34N4O3. The lowest BCUT2D eigenvalue weighted by molar-refractivity contribution is 0.0342. The fourth-order valence-electron chi connectivity index (χ4n) is 3.36. The van der Waals surface area contributed by atoms with Crippen molar-refractivity contribution in [3.63, 3.8) is 0 Å². The molecule has 1 atom stereocenters. The molecule has 0 aromatic heterocycles. The maximum Gasteiger partial charge on any atom is 0.191 e. The Morgan fingerprint density at radius 1 is 1.11 bits per heavy atom. The number of hydrogen-bond donors (Lipinski definition) is 2. The van der Waals surface area contributed by atoms with Crippen molar-refractivity contribution in [2.24, 2.45) is 4.99 Å². The van der Waals surface area contributed by atoms with E-state index >= 15 is 0 Å². The van der Waals surface area contributed by atoms with Gasteiger partial charge < -0.3 is 24.8 Å². The van der Waals surface area contributed by atoms with Crippen LogP contribution in [-0.2, 0) is 27.3 Å². The molecule has 1 aromatic carbocycles. The lowest BCUT2D eigenvalue weighted by Gasteiger charge is -2.26. The van der Waals surface area contributed by atoms with Gasteiger partial charge in [-0.05, 0) is 24.0 Å². The first-order valence-corrected chi connectivity index (χ1v) is 10.4. The summed E-state index contributed by atoms with van der Waals surface area (Å²) in [5.74, 6) is 0.821. The predicted octanol–water partition coefficient (Wildman–Crippen LogP) is 1.38. The Labute approximate surface area is 168 Å². The number of nitrogens with one attached hydrogen (secondary N) is 2. The third kappa shape index (κ3) is 7.39. The van der Waals surface area contributed by atoms with Gasteiger partial charge in [0.25, 0.3) is 0 Å². The lowest BCUT2D eigenvalue weighted by Crippen LogP contribution is -2.37. The topological polar surface area (TPSA) is 67.4 Å². The number of ether oxygens (including phenoxy) is 3. The average molecular weight is 391 g/mol. The van der Waals surface area contributed by atoms with Gasteiger partial charge in [0.2, 0.25) is 0 Å². The van der Waals surface area contributed by atoms with Crippen LogP contribution in [0, 0.1) is 0 Å². The van der Waals surface area contributed by atoms with Gasteiger partial charge in [-0.2, -0.15) is 0 Å². The minimum absolute atomic E-state index is 0.281. The summed E-state index contributed by atoms with van der Waals surface area (Å²) in [7, 11) is 1.80. The van der Waals surface area contributed by atoms with Gasteiger partial charge in [-0.25, -0.2) is 0 Å². The van der Waals surface area contributed by atoms with Crippen molar-refractivity contribution in [2.45, 2.75) is 32.0 Å². The Balaban J connectivity index is 1.30. The van der Waals surface area contributed by atoms with Gasteiger partial charge in [0.1, 0.15) is 0 Å². The minimum atomic E-state index is 0.281. The first-order valence-electron chi connectivity index (χ1n) is 10.4. The SMILES string of the molecule is CN=C(NCCCOC1CCOC1)NCc1ccc(CN2CCOCC2)cc1. The number of guanidine groups is 1. The van der Waals surface area contributed by atoms with E-state index in [-0.39, 0.29) is 6.10 Å². The number of morpholine rings is 1. The molecular weight excluding hydrogens is 356 g/mol. The maximum absolute atomic E-state index is 5.78. The number of nitrogens with zero attached hydrogens (tertiary/aromatic N) is 2. The van der Waals surface area contributed by atoms with E-state index in [1.807, 2.05) is 0 Å². The minimum Gasteiger partial charge on any atom is -0.379 e. The third-order valence-corrected chi connectivity index (χ3v) is 5.07. The molecule has 2 aliphatic heterocycles. The van der Waals surface area contributed by atoms with Crippen LogP contribution in [0.3, 0.4) is 0 Å². The molecule has 28 heavy (non-hydrogen) atoms. The summed E-state index contributed by atoms with van der Waals surface area (Å²) >= 11 is 0. The van der Waals surface area contributed by atoms with Gasteiger partial charge in [-0.15, -0.1) is 0 Å². The Kier molecular flexibility index (Phi) is 9.03. The van der Waals surface area contributed by atoms with Gasteiger partial charge >= 0.3 is 0 Å². The van der Waals surface area contributed by atoms with Crippen molar-refractivity contribution in [2.75, 3.05) is 59.7 Å². The molecule has 7 nitrogen and oxygen atoms in total. The molecule has 2 heterocycles. The van der Waals surface area contributed by atoms with Crippen molar-refractivity contribution in [3.05, 3.63) is 35.4 Å². The Morgan fingerprint density at radius 3 is 2.61 bits per heavy atom. The Bertz CT molecular complexity index is 582. The fourth-order valence-corrected chi connectivity index (χ4v) is 3.36. The van der Waals surface area contributed by atoms with Crippen molar-refractivity contribution in [1.82, 2.24) is 15.5 Å². The zero-order valence-electron chi connectivity index (χ0n) is 17.0. The van der Waals surface area contributed by atoms with Crippen LogP contribution in [0.4, 0.5) is 0 Å². The van der Waals surface area contributed by atoms with Gasteiger partial charge in [0, 0.05) is 53.0 Å². The van der Waals surface area contributed by atoms with Gasteiger partial charge in [-0.3, -0.25) is 9.89 Å². The molecule has 7 heteroatoms. The first-order chi connectivity index (χ1) is 13.8. The normalized spacial score (nSPS) is 21.0. The van der Waals surface area contributed by atoms with E-state index in [1.54, 1.807) is 7.05 Å². The predicted molar refractivity (Wildman–Crippen MR) is 111 cm³/mol. The van der Waals surface area contributed by atoms with Crippen LogP contribution in [0.5, 0.6) is 0 Å². The first kappa shape index (κ1) is 21.0. The molecule has 2 N–H and O–H groups in total. The van der Waals surface area contributed by atoms with Gasteiger partial charge in [0.15, 0.2) is 5.96 Å².